The summed E-state index contributed by atoms with van der Waals surface area (Å²) < 4.78 is 5.40. The molecule has 1 N–H and O–H groups in total. The van der Waals surface area contributed by atoms with Crippen molar-refractivity contribution in [2.75, 3.05) is 0 Å². The molecule has 0 amide bonds. The minimum Gasteiger partial charge on any atom is -0.460 e. The van der Waals surface area contributed by atoms with E-state index in [4.69, 9.17) is 4.74 Å². The molecule has 1 heterocycles. The van der Waals surface area contributed by atoms with Crippen LogP contribution in [0.5, 0.6) is 0 Å². The number of hydrogen-bond acceptors (Lipinski definition) is 3. The van der Waals surface area contributed by atoms with Crippen LogP contribution in [0.15, 0.2) is 0 Å². The summed E-state index contributed by atoms with van der Waals surface area (Å²) >= 11 is 0. The molecule has 0 saturated carbocycles. The van der Waals surface area contributed by atoms with Crippen molar-refractivity contribution in [2.45, 2.75) is 65.1 Å². The Kier molecular flexibility index (Phi) is 3.77. The lowest BCUT2D eigenvalue weighted by atomic mass is 9.89. The van der Waals surface area contributed by atoms with E-state index in [-0.39, 0.29) is 23.5 Å². The number of hydrogen-bond donors (Lipinski definition) is 1. The molecule has 0 aromatic heterocycles. The predicted molar refractivity (Wildman–Crippen MR) is 60.6 cm³/mol. The Morgan fingerprint density at radius 1 is 1.27 bits per heavy atom. The Morgan fingerprint density at radius 3 is 2.33 bits per heavy atom. The fraction of sp³-hybridized carbons (Fsp3) is 0.917. The van der Waals surface area contributed by atoms with E-state index in [1.807, 2.05) is 20.8 Å². The third-order valence-electron chi connectivity index (χ3n) is 2.77. The monoisotopic (exact) mass is 213 g/mol. The highest BCUT2D eigenvalue weighted by Gasteiger charge is 2.33. The van der Waals surface area contributed by atoms with Crippen molar-refractivity contribution in [1.82, 2.24) is 5.32 Å². The van der Waals surface area contributed by atoms with Crippen LogP contribution in [0.4, 0.5) is 0 Å². The lowest BCUT2D eigenvalue weighted by Crippen LogP contribution is -2.48. The van der Waals surface area contributed by atoms with Crippen LogP contribution >= 0.6 is 0 Å². The third kappa shape index (κ3) is 3.82. The maximum absolute atomic E-state index is 11.9. The minimum absolute atomic E-state index is 0.0143. The van der Waals surface area contributed by atoms with E-state index >= 15 is 0 Å². The van der Waals surface area contributed by atoms with Crippen LogP contribution < -0.4 is 5.32 Å². The highest BCUT2D eigenvalue weighted by molar-refractivity contribution is 5.73. The quantitative estimate of drug-likeness (QED) is 0.678. The largest absolute Gasteiger partial charge is 0.460 e. The molecule has 1 fully saturated rings. The highest BCUT2D eigenvalue weighted by Crippen LogP contribution is 2.23. The molecule has 3 nitrogen and oxygen atoms in total. The van der Waals surface area contributed by atoms with Gasteiger partial charge in [-0.2, -0.15) is 0 Å². The molecule has 88 valence electrons. The van der Waals surface area contributed by atoms with Crippen LogP contribution in [0, 0.1) is 5.92 Å². The molecular weight excluding hydrogens is 190 g/mol. The maximum atomic E-state index is 11.9. The first-order valence-corrected chi connectivity index (χ1v) is 5.78. The molecule has 1 aliphatic rings. The zero-order chi connectivity index (χ0) is 11.6. The molecule has 0 unspecified atom stereocenters. The fourth-order valence-electron chi connectivity index (χ4n) is 2.03. The van der Waals surface area contributed by atoms with E-state index in [1.54, 1.807) is 0 Å². The van der Waals surface area contributed by atoms with E-state index in [1.165, 1.54) is 0 Å². The van der Waals surface area contributed by atoms with Crippen molar-refractivity contribution < 1.29 is 9.53 Å². The minimum atomic E-state index is -0.375. The molecule has 0 aliphatic carbocycles. The van der Waals surface area contributed by atoms with E-state index in [0.717, 1.165) is 12.8 Å². The molecule has 0 radical (unpaired) electrons. The SMILES string of the molecule is C[C@H]1CC[C@@H](C(=O)OC(C)(C)C)[C@@H](C)N1. The molecule has 1 aliphatic heterocycles. The topological polar surface area (TPSA) is 38.3 Å². The van der Waals surface area contributed by atoms with Crippen LogP contribution in [0.2, 0.25) is 0 Å². The highest BCUT2D eigenvalue weighted by atomic mass is 16.6. The van der Waals surface area contributed by atoms with Gasteiger partial charge in [0, 0.05) is 12.1 Å². The van der Waals surface area contributed by atoms with Gasteiger partial charge in [0.2, 0.25) is 0 Å². The first kappa shape index (κ1) is 12.5. The van der Waals surface area contributed by atoms with Gasteiger partial charge in [-0.25, -0.2) is 0 Å². The van der Waals surface area contributed by atoms with Crippen LogP contribution in [-0.2, 0) is 9.53 Å². The molecule has 0 aromatic rings. The first-order chi connectivity index (χ1) is 6.79. The summed E-state index contributed by atoms with van der Waals surface area (Å²) in [5.74, 6) is -0.0465. The molecule has 15 heavy (non-hydrogen) atoms. The second-order valence-electron chi connectivity index (χ2n) is 5.57. The summed E-state index contributed by atoms with van der Waals surface area (Å²) in [5, 5.41) is 3.40. The standard InChI is InChI=1S/C12H23NO2/c1-8-6-7-10(9(2)13-8)11(14)15-12(3,4)5/h8-10,13H,6-7H2,1-5H3/t8-,9+,10+/m0/s1. The Bertz CT molecular complexity index is 232. The van der Waals surface area contributed by atoms with Crippen LogP contribution in [0.25, 0.3) is 0 Å². The molecule has 0 aromatic carbocycles. The van der Waals surface area contributed by atoms with Gasteiger partial charge in [-0.1, -0.05) is 0 Å². The van der Waals surface area contributed by atoms with Crippen LogP contribution in [0.1, 0.15) is 47.5 Å². The summed E-state index contributed by atoms with van der Waals surface area (Å²) in [6.45, 7) is 9.95. The van der Waals surface area contributed by atoms with Gasteiger partial charge in [0.25, 0.3) is 0 Å². The summed E-state index contributed by atoms with van der Waals surface area (Å²) in [5.41, 5.74) is -0.375. The number of carbonyl (C=O) groups is 1. The van der Waals surface area contributed by atoms with Crippen molar-refractivity contribution in [3.8, 4) is 0 Å². The Labute approximate surface area is 92.6 Å². The van der Waals surface area contributed by atoms with Gasteiger partial charge in [-0.15, -0.1) is 0 Å². The van der Waals surface area contributed by atoms with Crippen molar-refractivity contribution in [3.05, 3.63) is 0 Å². The first-order valence-electron chi connectivity index (χ1n) is 5.78. The van der Waals surface area contributed by atoms with Crippen molar-refractivity contribution >= 4 is 5.97 Å². The number of ether oxygens (including phenoxy) is 1. The Hall–Kier alpha value is -0.570. The number of esters is 1. The number of nitrogens with one attached hydrogen (secondary N) is 1. The molecule has 0 spiro atoms. The predicted octanol–water partition coefficient (Wildman–Crippen LogP) is 2.10. The summed E-state index contributed by atoms with van der Waals surface area (Å²) in [4.78, 5) is 11.9. The van der Waals surface area contributed by atoms with Gasteiger partial charge < -0.3 is 10.1 Å². The molecule has 3 heteroatoms. The van der Waals surface area contributed by atoms with Crippen LogP contribution in [0.3, 0.4) is 0 Å². The lowest BCUT2D eigenvalue weighted by molar-refractivity contribution is -0.162. The second-order valence-corrected chi connectivity index (χ2v) is 5.57. The van der Waals surface area contributed by atoms with Gasteiger partial charge in [0.05, 0.1) is 5.92 Å². The second kappa shape index (κ2) is 4.52. The van der Waals surface area contributed by atoms with Gasteiger partial charge in [-0.05, 0) is 47.5 Å². The fourth-order valence-corrected chi connectivity index (χ4v) is 2.03. The van der Waals surface area contributed by atoms with Crippen LogP contribution in [-0.4, -0.2) is 23.7 Å². The van der Waals surface area contributed by atoms with Crippen molar-refractivity contribution in [1.29, 1.82) is 0 Å². The van der Waals surface area contributed by atoms with E-state index < -0.39 is 0 Å². The van der Waals surface area contributed by atoms with Gasteiger partial charge >= 0.3 is 5.97 Å². The van der Waals surface area contributed by atoms with Gasteiger partial charge in [0.15, 0.2) is 0 Å². The normalized spacial score (nSPS) is 32.5. The van der Waals surface area contributed by atoms with Crippen molar-refractivity contribution in [2.24, 2.45) is 5.92 Å². The lowest BCUT2D eigenvalue weighted by Gasteiger charge is -2.34. The average molecular weight is 213 g/mol. The van der Waals surface area contributed by atoms with Gasteiger partial charge in [0.1, 0.15) is 5.60 Å². The average Bonchev–Trinajstić information content (AvgIpc) is 1.99. The van der Waals surface area contributed by atoms with Crippen molar-refractivity contribution in [3.63, 3.8) is 0 Å². The molecule has 0 bridgehead atoms. The zero-order valence-corrected chi connectivity index (χ0v) is 10.5. The summed E-state index contributed by atoms with van der Waals surface area (Å²) in [6.07, 6.45) is 1.98. The Morgan fingerprint density at radius 2 is 1.87 bits per heavy atom. The third-order valence-corrected chi connectivity index (χ3v) is 2.77. The number of rotatable bonds is 1. The molecule has 1 rings (SSSR count). The molecule has 1 saturated heterocycles. The maximum Gasteiger partial charge on any atom is 0.311 e. The number of carbonyl (C=O) groups excluding carboxylic acids is 1. The zero-order valence-electron chi connectivity index (χ0n) is 10.5. The number of piperidine rings is 1. The molecule has 3 atom stereocenters. The summed E-state index contributed by atoms with van der Waals surface area (Å²) in [6, 6.07) is 0.738. The van der Waals surface area contributed by atoms with E-state index in [0.29, 0.717) is 6.04 Å². The Balaban J connectivity index is 2.53. The van der Waals surface area contributed by atoms with E-state index in [2.05, 4.69) is 19.2 Å². The van der Waals surface area contributed by atoms with E-state index in [9.17, 15) is 4.79 Å². The smallest absolute Gasteiger partial charge is 0.311 e. The van der Waals surface area contributed by atoms with Gasteiger partial charge in [-0.3, -0.25) is 4.79 Å². The molecular formula is C12H23NO2. The summed E-state index contributed by atoms with van der Waals surface area (Å²) in [7, 11) is 0.